The van der Waals surface area contributed by atoms with Crippen LogP contribution in [0.25, 0.3) is 21.9 Å². The molecule has 7 heteroatoms. The molecule has 5 nitrogen and oxygen atoms in total. The summed E-state index contributed by atoms with van der Waals surface area (Å²) < 4.78 is 17.4. The highest BCUT2D eigenvalue weighted by Gasteiger charge is 2.18. The molecule has 0 saturated carbocycles. The van der Waals surface area contributed by atoms with Crippen molar-refractivity contribution in [1.29, 1.82) is 0 Å². The first-order valence-corrected chi connectivity index (χ1v) is 11.4. The third-order valence-corrected chi connectivity index (χ3v) is 5.83. The van der Waals surface area contributed by atoms with Gasteiger partial charge in [0.2, 0.25) is 0 Å². The van der Waals surface area contributed by atoms with E-state index in [1.54, 1.807) is 0 Å². The first-order chi connectivity index (χ1) is 14.5. The number of benzene rings is 1. The summed E-state index contributed by atoms with van der Waals surface area (Å²) in [6.45, 7) is 9.67. The van der Waals surface area contributed by atoms with E-state index in [2.05, 4.69) is 4.90 Å². The molecule has 0 aliphatic heterocycles. The molecule has 2 aromatic heterocycles. The molecular weight excluding hydrogens is 425 g/mol. The summed E-state index contributed by atoms with van der Waals surface area (Å²) >= 11 is 11.7. The van der Waals surface area contributed by atoms with Gasteiger partial charge in [0.05, 0.1) is 6.61 Å². The van der Waals surface area contributed by atoms with E-state index in [9.17, 15) is 4.79 Å². The summed E-state index contributed by atoms with van der Waals surface area (Å²) in [5, 5.41) is 1.95. The molecule has 0 radical (unpaired) electrons. The van der Waals surface area contributed by atoms with Crippen LogP contribution in [0.15, 0.2) is 25.8 Å². The number of rotatable bonds is 11. The number of alkyl halides is 2. The summed E-state index contributed by atoms with van der Waals surface area (Å²) in [5.41, 5.74) is 3.79. The normalized spacial score (nSPS) is 11.9. The molecule has 0 aliphatic rings. The Bertz CT molecular complexity index is 1050. The van der Waals surface area contributed by atoms with Crippen LogP contribution in [0, 0.1) is 20.8 Å². The highest BCUT2D eigenvalue weighted by Crippen LogP contribution is 2.34. The summed E-state index contributed by atoms with van der Waals surface area (Å²) in [7, 11) is 0. The van der Waals surface area contributed by atoms with Crippen molar-refractivity contribution in [2.75, 3.05) is 38.0 Å². The van der Waals surface area contributed by atoms with Gasteiger partial charge in [-0.2, -0.15) is 0 Å². The van der Waals surface area contributed by atoms with Crippen molar-refractivity contribution in [2.45, 2.75) is 40.2 Å². The molecule has 30 heavy (non-hydrogen) atoms. The zero-order valence-electron chi connectivity index (χ0n) is 17.9. The molecule has 0 aliphatic carbocycles. The van der Waals surface area contributed by atoms with E-state index in [0.717, 1.165) is 71.3 Å². The maximum atomic E-state index is 11.8. The predicted molar refractivity (Wildman–Crippen MR) is 123 cm³/mol. The molecule has 0 atom stereocenters. The monoisotopic (exact) mass is 453 g/mol. The van der Waals surface area contributed by atoms with Crippen LogP contribution in [0.1, 0.15) is 35.3 Å². The molecule has 0 fully saturated rings. The molecule has 3 aromatic rings. The molecule has 0 spiro atoms. The Morgan fingerprint density at radius 3 is 2.33 bits per heavy atom. The Kier molecular flexibility index (Phi) is 8.23. The standard InChI is InChI=1S/C23H29Cl2NO4/c1-15-12-21(27)30-22-16(2)23-19(13-18(15)22)20(17(3)29-23)14-28-11-5-4-8-26(9-6-24)10-7-25/h12-13H,4-11,14H2,1-3H3. The van der Waals surface area contributed by atoms with Gasteiger partial charge >= 0.3 is 5.63 Å². The number of hydrogen-bond acceptors (Lipinski definition) is 5. The highest BCUT2D eigenvalue weighted by molar-refractivity contribution is 6.18. The molecule has 0 saturated heterocycles. The van der Waals surface area contributed by atoms with E-state index in [4.69, 9.17) is 36.8 Å². The SMILES string of the molecule is Cc1oc2c(C)c3oc(=O)cc(C)c3cc2c1COCCCCN(CCCl)CCCl. The van der Waals surface area contributed by atoms with Gasteiger partial charge in [-0.25, -0.2) is 4.79 Å². The molecule has 2 heterocycles. The Balaban J connectivity index is 1.67. The van der Waals surface area contributed by atoms with Gasteiger partial charge in [-0.05, 0) is 51.8 Å². The maximum Gasteiger partial charge on any atom is 0.336 e. The van der Waals surface area contributed by atoms with Gasteiger partial charge in [0.25, 0.3) is 0 Å². The molecule has 164 valence electrons. The van der Waals surface area contributed by atoms with E-state index in [1.807, 2.05) is 26.8 Å². The van der Waals surface area contributed by atoms with Crippen LogP contribution >= 0.6 is 23.2 Å². The molecule has 0 bridgehead atoms. The topological polar surface area (TPSA) is 55.8 Å². The Morgan fingerprint density at radius 1 is 0.933 bits per heavy atom. The Morgan fingerprint density at radius 2 is 1.63 bits per heavy atom. The second-order valence-electron chi connectivity index (χ2n) is 7.62. The molecule has 0 amide bonds. The number of furan rings is 1. The first kappa shape index (κ1) is 23.1. The zero-order valence-corrected chi connectivity index (χ0v) is 19.4. The minimum Gasteiger partial charge on any atom is -0.461 e. The largest absolute Gasteiger partial charge is 0.461 e. The number of aryl methyl sites for hydroxylation is 3. The van der Waals surface area contributed by atoms with Crippen molar-refractivity contribution in [1.82, 2.24) is 4.90 Å². The van der Waals surface area contributed by atoms with Crippen molar-refractivity contribution < 1.29 is 13.6 Å². The van der Waals surface area contributed by atoms with Crippen LogP contribution in [-0.2, 0) is 11.3 Å². The number of fused-ring (bicyclic) bond motifs is 2. The van der Waals surface area contributed by atoms with Crippen LogP contribution < -0.4 is 5.63 Å². The molecular formula is C23H29Cl2NO4. The molecule has 0 unspecified atom stereocenters. The molecule has 3 rings (SSSR count). The lowest BCUT2D eigenvalue weighted by molar-refractivity contribution is 0.114. The third kappa shape index (κ3) is 5.20. The van der Waals surface area contributed by atoms with Crippen LogP contribution in [0.2, 0.25) is 0 Å². The van der Waals surface area contributed by atoms with Crippen molar-refractivity contribution in [3.63, 3.8) is 0 Å². The van der Waals surface area contributed by atoms with E-state index < -0.39 is 0 Å². The maximum absolute atomic E-state index is 11.8. The predicted octanol–water partition coefficient (Wildman–Crippen LogP) is 5.54. The fourth-order valence-electron chi connectivity index (χ4n) is 3.82. The number of nitrogens with zero attached hydrogens (tertiary/aromatic N) is 1. The highest BCUT2D eigenvalue weighted by atomic mass is 35.5. The van der Waals surface area contributed by atoms with Gasteiger partial charge in [-0.1, -0.05) is 0 Å². The Labute approximate surface area is 186 Å². The van der Waals surface area contributed by atoms with Crippen LogP contribution in [-0.4, -0.2) is 42.9 Å². The smallest absolute Gasteiger partial charge is 0.336 e. The van der Waals surface area contributed by atoms with Crippen LogP contribution in [0.5, 0.6) is 0 Å². The van der Waals surface area contributed by atoms with E-state index in [1.165, 1.54) is 6.07 Å². The van der Waals surface area contributed by atoms with Crippen molar-refractivity contribution in [2.24, 2.45) is 0 Å². The average molecular weight is 454 g/mol. The van der Waals surface area contributed by atoms with Crippen molar-refractivity contribution >= 4 is 45.1 Å². The van der Waals surface area contributed by atoms with Gasteiger partial charge in [0.15, 0.2) is 0 Å². The summed E-state index contributed by atoms with van der Waals surface area (Å²) in [6, 6.07) is 3.57. The van der Waals surface area contributed by atoms with Crippen LogP contribution in [0.3, 0.4) is 0 Å². The number of halogens is 2. The lowest BCUT2D eigenvalue weighted by Gasteiger charge is -2.19. The van der Waals surface area contributed by atoms with E-state index >= 15 is 0 Å². The fraction of sp³-hybridized carbons (Fsp3) is 0.522. The molecule has 0 N–H and O–H groups in total. The first-order valence-electron chi connectivity index (χ1n) is 10.3. The van der Waals surface area contributed by atoms with Crippen molar-refractivity contribution in [3.8, 4) is 0 Å². The second kappa shape index (κ2) is 10.7. The van der Waals surface area contributed by atoms with Gasteiger partial charge in [0, 0.05) is 59.4 Å². The Hall–Kier alpha value is -1.53. The number of unbranched alkanes of at least 4 members (excludes halogenated alkanes) is 1. The lowest BCUT2D eigenvalue weighted by atomic mass is 10.0. The summed E-state index contributed by atoms with van der Waals surface area (Å²) in [4.78, 5) is 14.1. The average Bonchev–Trinajstić information content (AvgIpc) is 3.02. The zero-order chi connectivity index (χ0) is 21.7. The van der Waals surface area contributed by atoms with E-state index in [-0.39, 0.29) is 5.63 Å². The quantitative estimate of drug-likeness (QED) is 0.216. The minimum atomic E-state index is -0.343. The molecule has 1 aromatic carbocycles. The van der Waals surface area contributed by atoms with Gasteiger partial charge < -0.3 is 18.5 Å². The van der Waals surface area contributed by atoms with Crippen molar-refractivity contribution in [3.05, 3.63) is 45.0 Å². The van der Waals surface area contributed by atoms with Gasteiger partial charge in [-0.15, -0.1) is 23.2 Å². The minimum absolute atomic E-state index is 0.343. The number of hydrogen-bond donors (Lipinski definition) is 0. The third-order valence-electron chi connectivity index (χ3n) is 5.49. The van der Waals surface area contributed by atoms with Crippen LogP contribution in [0.4, 0.5) is 0 Å². The van der Waals surface area contributed by atoms with E-state index in [0.29, 0.717) is 30.6 Å². The fourth-order valence-corrected chi connectivity index (χ4v) is 4.30. The summed E-state index contributed by atoms with van der Waals surface area (Å²) in [6.07, 6.45) is 2.02. The second-order valence-corrected chi connectivity index (χ2v) is 8.38. The van der Waals surface area contributed by atoms with Gasteiger partial charge in [0.1, 0.15) is 16.9 Å². The summed E-state index contributed by atoms with van der Waals surface area (Å²) in [5.74, 6) is 2.08. The van der Waals surface area contributed by atoms with Gasteiger partial charge in [-0.3, -0.25) is 0 Å². The number of ether oxygens (including phenoxy) is 1. The lowest BCUT2D eigenvalue weighted by Crippen LogP contribution is -2.29.